The minimum Gasteiger partial charge on any atom is -0.481 e. The molecular weight excluding hydrogens is 256 g/mol. The number of benzene rings is 1. The molecule has 1 amide bonds. The van der Waals surface area contributed by atoms with Crippen LogP contribution in [0.25, 0.3) is 0 Å². The number of carboxylic acid groups (broad SMARTS) is 1. The molecule has 1 aliphatic rings. The molecule has 1 fully saturated rings. The number of aryl methyl sites for hydroxylation is 1. The van der Waals surface area contributed by atoms with Crippen LogP contribution in [-0.2, 0) is 16.1 Å². The van der Waals surface area contributed by atoms with Crippen molar-refractivity contribution < 1.29 is 14.7 Å². The molecule has 1 aromatic carbocycles. The molecule has 1 aromatic rings. The highest BCUT2D eigenvalue weighted by Gasteiger charge is 2.29. The molecule has 20 heavy (non-hydrogen) atoms. The van der Waals surface area contributed by atoms with Gasteiger partial charge < -0.3 is 10.4 Å². The van der Waals surface area contributed by atoms with Crippen molar-refractivity contribution in [2.75, 3.05) is 19.6 Å². The normalized spacial score (nSPS) is 15.7. The minimum atomic E-state index is -0.765. The summed E-state index contributed by atoms with van der Waals surface area (Å²) in [6.45, 7) is 4.31. The van der Waals surface area contributed by atoms with Crippen LogP contribution in [0.1, 0.15) is 17.5 Å². The fourth-order valence-electron chi connectivity index (χ4n) is 2.35. The fraction of sp³-hybridized carbons (Fsp3) is 0.467. The number of hydrogen-bond donors (Lipinski definition) is 2. The second-order valence-electron chi connectivity index (χ2n) is 5.42. The number of aliphatic carboxylic acids is 1. The lowest BCUT2D eigenvalue weighted by molar-refractivity contribution is -0.139. The Balaban J connectivity index is 1.64. The highest BCUT2D eigenvalue weighted by molar-refractivity contribution is 5.78. The van der Waals surface area contributed by atoms with Gasteiger partial charge in [-0.2, -0.15) is 0 Å². The van der Waals surface area contributed by atoms with Gasteiger partial charge in [0.2, 0.25) is 5.91 Å². The lowest BCUT2D eigenvalue weighted by Gasteiger charge is -2.37. The maximum Gasteiger partial charge on any atom is 0.303 e. The predicted molar refractivity (Wildman–Crippen MR) is 75.2 cm³/mol. The van der Waals surface area contributed by atoms with Gasteiger partial charge in [0.1, 0.15) is 0 Å². The zero-order valence-corrected chi connectivity index (χ0v) is 11.6. The zero-order chi connectivity index (χ0) is 14.5. The predicted octanol–water partition coefficient (Wildman–Crippen LogP) is 1.02. The molecule has 0 aromatic heterocycles. The molecule has 0 aliphatic carbocycles. The smallest absolute Gasteiger partial charge is 0.303 e. The molecular formula is C15H20N2O3. The topological polar surface area (TPSA) is 69.6 Å². The van der Waals surface area contributed by atoms with Crippen molar-refractivity contribution in [3.05, 3.63) is 35.4 Å². The van der Waals surface area contributed by atoms with E-state index in [0.717, 1.165) is 5.56 Å². The monoisotopic (exact) mass is 276 g/mol. The Kier molecular flexibility index (Phi) is 4.74. The van der Waals surface area contributed by atoms with Crippen molar-refractivity contribution in [3.63, 3.8) is 0 Å². The highest BCUT2D eigenvalue weighted by Crippen LogP contribution is 2.18. The summed E-state index contributed by atoms with van der Waals surface area (Å²) in [5.41, 5.74) is 2.28. The zero-order valence-electron chi connectivity index (χ0n) is 11.6. The van der Waals surface area contributed by atoms with E-state index in [-0.39, 0.29) is 18.2 Å². The first-order chi connectivity index (χ1) is 9.52. The maximum atomic E-state index is 11.7. The Morgan fingerprint density at radius 2 is 1.95 bits per heavy atom. The van der Waals surface area contributed by atoms with E-state index in [1.807, 2.05) is 36.1 Å². The number of hydrogen-bond acceptors (Lipinski definition) is 3. The van der Waals surface area contributed by atoms with Crippen LogP contribution in [-0.4, -0.2) is 41.5 Å². The SMILES string of the molecule is Cc1ccc(CNC(=O)CN2CC(CC(=O)O)C2)cc1. The van der Waals surface area contributed by atoms with Crippen molar-refractivity contribution in [2.24, 2.45) is 5.92 Å². The first-order valence-electron chi connectivity index (χ1n) is 6.79. The lowest BCUT2D eigenvalue weighted by atomic mass is 9.96. The largest absolute Gasteiger partial charge is 0.481 e. The number of nitrogens with one attached hydrogen (secondary N) is 1. The summed E-state index contributed by atoms with van der Waals surface area (Å²) in [4.78, 5) is 24.2. The van der Waals surface area contributed by atoms with Gasteiger partial charge in [-0.25, -0.2) is 0 Å². The van der Waals surface area contributed by atoms with Crippen molar-refractivity contribution in [3.8, 4) is 0 Å². The molecule has 0 atom stereocenters. The Morgan fingerprint density at radius 3 is 2.55 bits per heavy atom. The van der Waals surface area contributed by atoms with E-state index in [9.17, 15) is 9.59 Å². The molecule has 2 N–H and O–H groups in total. The first kappa shape index (κ1) is 14.5. The third-order valence-electron chi connectivity index (χ3n) is 3.47. The van der Waals surface area contributed by atoms with Gasteiger partial charge in [-0.15, -0.1) is 0 Å². The van der Waals surface area contributed by atoms with Gasteiger partial charge in [0.25, 0.3) is 0 Å². The molecule has 0 spiro atoms. The second kappa shape index (κ2) is 6.52. The van der Waals surface area contributed by atoms with Crippen LogP contribution in [0.4, 0.5) is 0 Å². The molecule has 0 bridgehead atoms. The van der Waals surface area contributed by atoms with Crippen LogP contribution >= 0.6 is 0 Å². The van der Waals surface area contributed by atoms with Crippen molar-refractivity contribution in [1.29, 1.82) is 0 Å². The average Bonchev–Trinajstić information content (AvgIpc) is 2.35. The van der Waals surface area contributed by atoms with E-state index in [4.69, 9.17) is 5.11 Å². The van der Waals surface area contributed by atoms with E-state index in [0.29, 0.717) is 26.2 Å². The second-order valence-corrected chi connectivity index (χ2v) is 5.42. The number of likely N-dealkylation sites (tertiary alicyclic amines) is 1. The van der Waals surface area contributed by atoms with Crippen LogP contribution in [0.2, 0.25) is 0 Å². The van der Waals surface area contributed by atoms with Crippen LogP contribution < -0.4 is 5.32 Å². The molecule has 5 heteroatoms. The van der Waals surface area contributed by atoms with E-state index < -0.39 is 5.97 Å². The molecule has 5 nitrogen and oxygen atoms in total. The molecule has 1 aliphatic heterocycles. The highest BCUT2D eigenvalue weighted by atomic mass is 16.4. The number of carbonyl (C=O) groups excluding carboxylic acids is 1. The molecule has 1 saturated heterocycles. The molecule has 108 valence electrons. The number of rotatable bonds is 6. The average molecular weight is 276 g/mol. The van der Waals surface area contributed by atoms with Gasteiger partial charge in [-0.1, -0.05) is 29.8 Å². The number of carboxylic acids is 1. The summed E-state index contributed by atoms with van der Waals surface area (Å²) in [6.07, 6.45) is 0.196. The number of nitrogens with zero attached hydrogens (tertiary/aromatic N) is 1. The van der Waals surface area contributed by atoms with Crippen LogP contribution in [0.5, 0.6) is 0 Å². The van der Waals surface area contributed by atoms with Crippen molar-refractivity contribution >= 4 is 11.9 Å². The number of carbonyl (C=O) groups is 2. The van der Waals surface area contributed by atoms with Gasteiger partial charge in [0, 0.05) is 19.6 Å². The third-order valence-corrected chi connectivity index (χ3v) is 3.47. The van der Waals surface area contributed by atoms with Gasteiger partial charge in [0.05, 0.1) is 13.0 Å². The molecule has 0 radical (unpaired) electrons. The van der Waals surface area contributed by atoms with Gasteiger partial charge in [-0.3, -0.25) is 14.5 Å². The fourth-order valence-corrected chi connectivity index (χ4v) is 2.35. The third kappa shape index (κ3) is 4.35. The summed E-state index contributed by atoms with van der Waals surface area (Å²) in [6, 6.07) is 8.05. The van der Waals surface area contributed by atoms with Gasteiger partial charge in [0.15, 0.2) is 0 Å². The standard InChI is InChI=1S/C15H20N2O3/c1-11-2-4-12(5-3-11)7-16-14(18)10-17-8-13(9-17)6-15(19)20/h2-5,13H,6-10H2,1H3,(H,16,18)(H,19,20). The first-order valence-corrected chi connectivity index (χ1v) is 6.79. The minimum absolute atomic E-state index is 0.0145. The van der Waals surface area contributed by atoms with E-state index in [2.05, 4.69) is 5.32 Å². The van der Waals surface area contributed by atoms with E-state index >= 15 is 0 Å². The maximum absolute atomic E-state index is 11.7. The van der Waals surface area contributed by atoms with Gasteiger partial charge in [-0.05, 0) is 18.4 Å². The number of amides is 1. The lowest BCUT2D eigenvalue weighted by Crippen LogP contribution is -2.51. The Labute approximate surface area is 118 Å². The molecule has 0 saturated carbocycles. The summed E-state index contributed by atoms with van der Waals surface area (Å²) >= 11 is 0. The van der Waals surface area contributed by atoms with E-state index in [1.54, 1.807) is 0 Å². The molecule has 2 rings (SSSR count). The summed E-state index contributed by atoms with van der Waals surface area (Å²) in [5.74, 6) is -0.588. The Morgan fingerprint density at radius 1 is 1.30 bits per heavy atom. The Hall–Kier alpha value is -1.88. The van der Waals surface area contributed by atoms with Crippen LogP contribution in [0.15, 0.2) is 24.3 Å². The Bertz CT molecular complexity index is 478. The molecule has 0 unspecified atom stereocenters. The molecule has 1 heterocycles. The van der Waals surface area contributed by atoms with Crippen LogP contribution in [0.3, 0.4) is 0 Å². The van der Waals surface area contributed by atoms with Crippen molar-refractivity contribution in [2.45, 2.75) is 19.9 Å². The summed E-state index contributed by atoms with van der Waals surface area (Å²) in [5, 5.41) is 11.5. The summed E-state index contributed by atoms with van der Waals surface area (Å²) < 4.78 is 0. The summed E-state index contributed by atoms with van der Waals surface area (Å²) in [7, 11) is 0. The van der Waals surface area contributed by atoms with Crippen LogP contribution in [0, 0.1) is 12.8 Å². The quantitative estimate of drug-likeness (QED) is 0.814. The van der Waals surface area contributed by atoms with Crippen molar-refractivity contribution in [1.82, 2.24) is 10.2 Å². The van der Waals surface area contributed by atoms with Gasteiger partial charge >= 0.3 is 5.97 Å². The van der Waals surface area contributed by atoms with E-state index in [1.165, 1.54) is 5.56 Å².